The van der Waals surface area contributed by atoms with Crippen LogP contribution in [0.4, 0.5) is 0 Å². The molecule has 0 saturated heterocycles. The number of nitrogens with zero attached hydrogens (tertiary/aromatic N) is 1. The molecule has 2 nitrogen and oxygen atoms in total. The number of likely N-dealkylation sites (N-methyl/N-ethyl adjacent to an activating group) is 1. The molecule has 0 spiro atoms. The summed E-state index contributed by atoms with van der Waals surface area (Å²) in [7, 11) is 2.19. The number of Topliss-reactive ketones (excluding diaryl/α,β-unsaturated/α-hetero) is 1. The molecule has 0 unspecified atom stereocenters. The van der Waals surface area contributed by atoms with Gasteiger partial charge in [0.2, 0.25) is 0 Å². The molecule has 19 heavy (non-hydrogen) atoms. The van der Waals surface area contributed by atoms with Gasteiger partial charge in [-0.2, -0.15) is 0 Å². The van der Waals surface area contributed by atoms with E-state index >= 15 is 0 Å². The van der Waals surface area contributed by atoms with Crippen molar-refractivity contribution in [3.8, 4) is 0 Å². The number of aryl methyl sites for hydroxylation is 1. The summed E-state index contributed by atoms with van der Waals surface area (Å²) in [5.74, 6) is 0.437. The van der Waals surface area contributed by atoms with Gasteiger partial charge in [0.05, 0.1) is 0 Å². The fourth-order valence-corrected chi connectivity index (χ4v) is 3.16. The van der Waals surface area contributed by atoms with Gasteiger partial charge in [0.15, 0.2) is 0 Å². The van der Waals surface area contributed by atoms with E-state index < -0.39 is 0 Å². The highest BCUT2D eigenvalue weighted by Crippen LogP contribution is 2.21. The van der Waals surface area contributed by atoms with Gasteiger partial charge in [-0.05, 0) is 56.5 Å². The number of ketones is 1. The summed E-state index contributed by atoms with van der Waals surface area (Å²) in [6.07, 6.45) is 4.68. The number of halogens is 1. The van der Waals surface area contributed by atoms with E-state index in [2.05, 4.69) is 53.0 Å². The largest absolute Gasteiger partial charge is 0.303 e. The predicted molar refractivity (Wildman–Crippen MR) is 82.5 cm³/mol. The number of carbonyl (C=O) groups excluding carboxylic acids is 1. The molecule has 0 aromatic heterocycles. The van der Waals surface area contributed by atoms with E-state index in [1.54, 1.807) is 0 Å². The normalized spacial score (nSPS) is 17.2. The van der Waals surface area contributed by atoms with E-state index in [0.29, 0.717) is 11.8 Å². The summed E-state index contributed by atoms with van der Waals surface area (Å²) < 4.78 is 1.15. The van der Waals surface area contributed by atoms with Crippen LogP contribution in [0.15, 0.2) is 22.7 Å². The molecule has 0 heterocycles. The first kappa shape index (κ1) is 14.7. The summed E-state index contributed by atoms with van der Waals surface area (Å²) in [5, 5.41) is 0. The zero-order chi connectivity index (χ0) is 13.8. The smallest absolute Gasteiger partial charge is 0.133 e. The minimum atomic E-state index is 0.437. The maximum atomic E-state index is 11.3. The van der Waals surface area contributed by atoms with E-state index in [4.69, 9.17) is 0 Å². The molecule has 3 heteroatoms. The molecule has 1 aromatic rings. The van der Waals surface area contributed by atoms with Gasteiger partial charge in [-0.15, -0.1) is 0 Å². The lowest BCUT2D eigenvalue weighted by atomic mass is 9.93. The zero-order valence-electron chi connectivity index (χ0n) is 11.8. The van der Waals surface area contributed by atoms with Crippen molar-refractivity contribution in [1.29, 1.82) is 0 Å². The van der Waals surface area contributed by atoms with Crippen molar-refractivity contribution in [2.45, 2.75) is 45.1 Å². The Morgan fingerprint density at radius 1 is 1.32 bits per heavy atom. The van der Waals surface area contributed by atoms with E-state index in [1.807, 2.05) is 0 Å². The van der Waals surface area contributed by atoms with E-state index in [0.717, 1.165) is 43.1 Å². The number of hydrogen-bond acceptors (Lipinski definition) is 2. The van der Waals surface area contributed by atoms with Crippen LogP contribution in [-0.2, 0) is 11.2 Å². The monoisotopic (exact) mass is 323 g/mol. The summed E-state index contributed by atoms with van der Waals surface area (Å²) in [6, 6.07) is 7.06. The maximum Gasteiger partial charge on any atom is 0.133 e. The highest BCUT2D eigenvalue weighted by molar-refractivity contribution is 9.10. The third-order valence-corrected chi connectivity index (χ3v) is 4.67. The van der Waals surface area contributed by atoms with Crippen LogP contribution in [0.5, 0.6) is 0 Å². The van der Waals surface area contributed by atoms with Crippen LogP contribution in [-0.4, -0.2) is 30.3 Å². The van der Waals surface area contributed by atoms with Crippen molar-refractivity contribution >= 4 is 21.7 Å². The lowest BCUT2D eigenvalue weighted by Gasteiger charge is -2.30. The van der Waals surface area contributed by atoms with Gasteiger partial charge in [-0.25, -0.2) is 0 Å². The lowest BCUT2D eigenvalue weighted by Crippen LogP contribution is -2.36. The molecule has 0 bridgehead atoms. The molecule has 1 aromatic carbocycles. The third kappa shape index (κ3) is 4.15. The number of hydrogen-bond donors (Lipinski definition) is 0. The quantitative estimate of drug-likeness (QED) is 0.841. The topological polar surface area (TPSA) is 20.3 Å². The van der Waals surface area contributed by atoms with Crippen molar-refractivity contribution in [2.24, 2.45) is 0 Å². The van der Waals surface area contributed by atoms with Gasteiger partial charge in [-0.1, -0.05) is 22.0 Å². The van der Waals surface area contributed by atoms with Crippen molar-refractivity contribution in [3.63, 3.8) is 0 Å². The summed E-state index contributed by atoms with van der Waals surface area (Å²) in [4.78, 5) is 13.7. The van der Waals surface area contributed by atoms with Crippen LogP contribution >= 0.6 is 15.9 Å². The van der Waals surface area contributed by atoms with Gasteiger partial charge in [-0.3, -0.25) is 4.79 Å². The second kappa shape index (κ2) is 6.67. The Hall–Kier alpha value is -0.670. The van der Waals surface area contributed by atoms with Crippen LogP contribution in [0.25, 0.3) is 0 Å². The minimum absolute atomic E-state index is 0.437. The first-order valence-electron chi connectivity index (χ1n) is 7.03. The first-order valence-corrected chi connectivity index (χ1v) is 7.82. The molecule has 0 radical (unpaired) electrons. The second-order valence-corrected chi connectivity index (χ2v) is 6.49. The fraction of sp³-hybridized carbons (Fsp3) is 0.562. The van der Waals surface area contributed by atoms with Crippen molar-refractivity contribution < 1.29 is 4.79 Å². The van der Waals surface area contributed by atoms with Crippen LogP contribution in [0.3, 0.4) is 0 Å². The summed E-state index contributed by atoms with van der Waals surface area (Å²) in [5.41, 5.74) is 2.77. The molecule has 1 aliphatic rings. The lowest BCUT2D eigenvalue weighted by molar-refractivity contribution is -0.121. The molecule has 0 aliphatic heterocycles. The van der Waals surface area contributed by atoms with Gasteiger partial charge in [0.25, 0.3) is 0 Å². The molecular formula is C16H22BrNO. The second-order valence-electron chi connectivity index (χ2n) is 5.57. The SMILES string of the molecule is Cc1ccc(Br)cc1CCN(C)C1CCC(=O)CC1. The Bertz CT molecular complexity index is 448. The zero-order valence-corrected chi connectivity index (χ0v) is 13.4. The van der Waals surface area contributed by atoms with Crippen molar-refractivity contribution in [1.82, 2.24) is 4.90 Å². The number of rotatable bonds is 4. The molecular weight excluding hydrogens is 302 g/mol. The highest BCUT2D eigenvalue weighted by atomic mass is 79.9. The van der Waals surface area contributed by atoms with Crippen LogP contribution in [0.1, 0.15) is 36.8 Å². The standard InChI is InChI=1S/C16H22BrNO/c1-12-3-4-14(17)11-13(12)9-10-18(2)15-5-7-16(19)8-6-15/h3-4,11,15H,5-10H2,1-2H3. The Morgan fingerprint density at radius 3 is 2.68 bits per heavy atom. The molecule has 0 amide bonds. The van der Waals surface area contributed by atoms with E-state index in [-0.39, 0.29) is 0 Å². The molecule has 1 aliphatic carbocycles. The summed E-state index contributed by atoms with van der Waals surface area (Å²) in [6.45, 7) is 3.23. The Labute approximate surface area is 124 Å². The number of benzene rings is 1. The maximum absolute atomic E-state index is 11.3. The number of carbonyl (C=O) groups is 1. The molecule has 104 valence electrons. The van der Waals surface area contributed by atoms with E-state index in [1.165, 1.54) is 11.1 Å². The molecule has 0 N–H and O–H groups in total. The predicted octanol–water partition coefficient (Wildman–Crippen LogP) is 3.74. The van der Waals surface area contributed by atoms with Crippen LogP contribution in [0, 0.1) is 6.92 Å². The Balaban J connectivity index is 1.87. The fourth-order valence-electron chi connectivity index (χ4n) is 2.75. The molecule has 1 fully saturated rings. The molecule has 2 rings (SSSR count). The van der Waals surface area contributed by atoms with Crippen molar-refractivity contribution in [3.05, 3.63) is 33.8 Å². The van der Waals surface area contributed by atoms with Crippen LogP contribution < -0.4 is 0 Å². The average molecular weight is 324 g/mol. The van der Waals surface area contributed by atoms with Gasteiger partial charge in [0, 0.05) is 29.9 Å². The summed E-state index contributed by atoms with van der Waals surface area (Å²) >= 11 is 3.54. The minimum Gasteiger partial charge on any atom is -0.303 e. The van der Waals surface area contributed by atoms with Gasteiger partial charge in [0.1, 0.15) is 5.78 Å². The molecule has 0 atom stereocenters. The molecule has 1 saturated carbocycles. The third-order valence-electron chi connectivity index (χ3n) is 4.18. The van der Waals surface area contributed by atoms with Crippen LogP contribution in [0.2, 0.25) is 0 Å². The highest BCUT2D eigenvalue weighted by Gasteiger charge is 2.21. The Morgan fingerprint density at radius 2 is 2.00 bits per heavy atom. The average Bonchev–Trinajstić information content (AvgIpc) is 2.40. The first-order chi connectivity index (χ1) is 9.06. The van der Waals surface area contributed by atoms with E-state index in [9.17, 15) is 4.79 Å². The van der Waals surface area contributed by atoms with Crippen molar-refractivity contribution in [2.75, 3.05) is 13.6 Å². The van der Waals surface area contributed by atoms with Gasteiger partial charge < -0.3 is 4.90 Å². The Kier molecular flexibility index (Phi) is 5.17. The van der Waals surface area contributed by atoms with Gasteiger partial charge >= 0.3 is 0 Å².